The third kappa shape index (κ3) is 16.1. The van der Waals surface area contributed by atoms with Crippen LogP contribution in [0.15, 0.2) is 12.2 Å². The molecule has 21 nitrogen and oxygen atoms in total. The van der Waals surface area contributed by atoms with E-state index in [-0.39, 0.29) is 13.0 Å². The lowest BCUT2D eigenvalue weighted by atomic mass is 9.83. The molecular weight excluding hydrogens is 782 g/mol. The van der Waals surface area contributed by atoms with Gasteiger partial charge in [0.05, 0.1) is 31.3 Å². The number of ether oxygens (including phenoxy) is 8. The van der Waals surface area contributed by atoms with Gasteiger partial charge in [-0.05, 0) is 89.5 Å². The van der Waals surface area contributed by atoms with Gasteiger partial charge in [0.15, 0.2) is 12.6 Å². The average Bonchev–Trinajstić information content (AvgIpc) is 3.04. The first-order chi connectivity index (χ1) is 26.9. The molecule has 0 aromatic rings. The van der Waals surface area contributed by atoms with Crippen LogP contribution in [0, 0.1) is 0 Å². The van der Waals surface area contributed by atoms with Crippen molar-refractivity contribution in [3.63, 3.8) is 0 Å². The van der Waals surface area contributed by atoms with E-state index < -0.39 is 133 Å². The van der Waals surface area contributed by atoms with Gasteiger partial charge in [0, 0.05) is 6.04 Å². The summed E-state index contributed by atoms with van der Waals surface area (Å²) in [6, 6.07) is -4.71. The largest absolute Gasteiger partial charge is 0.444 e. The maximum atomic E-state index is 13.1. The smallest absolute Gasteiger partial charge is 0.408 e. The van der Waals surface area contributed by atoms with Gasteiger partial charge in [0.1, 0.15) is 65.1 Å². The van der Waals surface area contributed by atoms with Crippen LogP contribution in [-0.2, 0) is 37.9 Å². The molecular formula is C38H67N5O16. The molecule has 0 aromatic carbocycles. The van der Waals surface area contributed by atoms with E-state index in [0.717, 1.165) is 0 Å². The van der Waals surface area contributed by atoms with Crippen LogP contribution in [0.1, 0.15) is 89.5 Å². The Morgan fingerprint density at radius 1 is 0.644 bits per heavy atom. The molecule has 1 aliphatic carbocycles. The molecule has 340 valence electrons. The normalized spacial score (nSPS) is 32.9. The fraction of sp³-hybridized carbons (Fsp3) is 0.842. The summed E-state index contributed by atoms with van der Waals surface area (Å²) in [4.78, 5) is 51.2. The van der Waals surface area contributed by atoms with Gasteiger partial charge in [-0.3, -0.25) is 0 Å². The third-order valence-electron chi connectivity index (χ3n) is 8.54. The van der Waals surface area contributed by atoms with E-state index in [4.69, 9.17) is 43.6 Å². The van der Waals surface area contributed by atoms with Crippen molar-refractivity contribution in [3.05, 3.63) is 12.2 Å². The van der Waals surface area contributed by atoms with Crippen LogP contribution in [0.5, 0.6) is 0 Å². The summed E-state index contributed by atoms with van der Waals surface area (Å²) >= 11 is 0. The minimum atomic E-state index is -1.79. The van der Waals surface area contributed by atoms with Gasteiger partial charge in [-0.2, -0.15) is 0 Å². The number of rotatable bonds is 10. The van der Waals surface area contributed by atoms with Gasteiger partial charge in [0.25, 0.3) is 0 Å². The fourth-order valence-electron chi connectivity index (χ4n) is 6.25. The van der Waals surface area contributed by atoms with E-state index in [9.17, 15) is 39.6 Å². The molecule has 13 unspecified atom stereocenters. The molecule has 59 heavy (non-hydrogen) atoms. The Labute approximate surface area is 345 Å². The Hall–Kier alpha value is -3.54. The molecule has 21 heteroatoms. The second kappa shape index (κ2) is 19.9. The van der Waals surface area contributed by atoms with Gasteiger partial charge >= 0.3 is 24.4 Å². The van der Waals surface area contributed by atoms with Gasteiger partial charge in [-0.1, -0.05) is 12.2 Å². The number of hydrogen-bond donors (Lipinski definition) is 9. The van der Waals surface area contributed by atoms with Crippen LogP contribution in [0.3, 0.4) is 0 Å². The van der Waals surface area contributed by atoms with E-state index in [0.29, 0.717) is 0 Å². The van der Waals surface area contributed by atoms with Crippen molar-refractivity contribution < 1.29 is 77.5 Å². The highest BCUT2D eigenvalue weighted by Crippen LogP contribution is 2.32. The Kier molecular flexibility index (Phi) is 16.8. The van der Waals surface area contributed by atoms with Gasteiger partial charge in [0.2, 0.25) is 0 Å². The number of nitrogens with one attached hydrogen (secondary N) is 4. The molecule has 0 bridgehead atoms. The predicted molar refractivity (Wildman–Crippen MR) is 208 cm³/mol. The van der Waals surface area contributed by atoms with Crippen molar-refractivity contribution in [2.24, 2.45) is 5.73 Å². The van der Waals surface area contributed by atoms with E-state index in [1.54, 1.807) is 95.2 Å². The van der Waals surface area contributed by atoms with E-state index in [1.807, 2.05) is 0 Å². The van der Waals surface area contributed by atoms with Crippen molar-refractivity contribution in [1.82, 2.24) is 21.3 Å². The summed E-state index contributed by atoms with van der Waals surface area (Å²) in [5.41, 5.74) is 3.07. The molecule has 0 spiro atoms. The Morgan fingerprint density at radius 2 is 1.14 bits per heavy atom. The van der Waals surface area contributed by atoms with Crippen molar-refractivity contribution in [2.75, 3.05) is 13.2 Å². The highest BCUT2D eigenvalue weighted by Gasteiger charge is 2.52. The van der Waals surface area contributed by atoms with Crippen LogP contribution >= 0.6 is 0 Å². The first-order valence-corrected chi connectivity index (χ1v) is 19.6. The maximum absolute atomic E-state index is 13.1. The molecule has 2 aliphatic heterocycles. The molecule has 4 amide bonds. The lowest BCUT2D eigenvalue weighted by Gasteiger charge is -2.48. The van der Waals surface area contributed by atoms with Crippen LogP contribution in [0.25, 0.3) is 0 Å². The number of nitrogens with two attached hydrogens (primary N) is 1. The Morgan fingerprint density at radius 3 is 1.66 bits per heavy atom. The maximum Gasteiger partial charge on any atom is 0.408 e. The first kappa shape index (κ1) is 49.8. The number of alkyl carbamates (subject to hydrolysis) is 4. The standard InChI is InChI=1S/C38H67N5O16/c1-35(2,3)56-31(48)40-16-18-13-14-20(41-32(49)57-36(4,5)6)29(52-18)55-28-21(42-33(50)58-37(7,8)9)15-19(39)27(26(28)47)54-30-25(46)23(24(45)22(17-44)53-30)43-34(51)59-38(10,11)12/h13-14,18-30,44-47H,15-17,39H2,1-12H3,(H,40,48)(H,41,49)(H,42,50)(H,43,51). The molecule has 13 atom stereocenters. The van der Waals surface area contributed by atoms with Crippen LogP contribution in [-0.4, -0.2) is 160 Å². The number of aliphatic hydroxyl groups excluding tert-OH is 4. The molecule has 1 saturated carbocycles. The number of aliphatic hydroxyl groups is 4. The molecule has 3 aliphatic rings. The highest BCUT2D eigenvalue weighted by molar-refractivity contribution is 5.69. The summed E-state index contributed by atoms with van der Waals surface area (Å²) < 4.78 is 45.9. The fourth-order valence-corrected chi connectivity index (χ4v) is 6.25. The monoisotopic (exact) mass is 849 g/mol. The summed E-state index contributed by atoms with van der Waals surface area (Å²) in [5.74, 6) is 0. The number of hydrogen-bond acceptors (Lipinski definition) is 17. The van der Waals surface area contributed by atoms with Crippen LogP contribution in [0.2, 0.25) is 0 Å². The molecule has 0 radical (unpaired) electrons. The van der Waals surface area contributed by atoms with Gasteiger partial charge in [-0.15, -0.1) is 0 Å². The Balaban J connectivity index is 1.96. The second-order valence-corrected chi connectivity index (χ2v) is 18.7. The highest BCUT2D eigenvalue weighted by atomic mass is 16.7. The minimum Gasteiger partial charge on any atom is -0.444 e. The molecule has 1 saturated heterocycles. The number of amides is 4. The third-order valence-corrected chi connectivity index (χ3v) is 8.54. The van der Waals surface area contributed by atoms with E-state index in [1.165, 1.54) is 0 Å². The summed E-state index contributed by atoms with van der Waals surface area (Å²) in [6.45, 7) is 19.1. The van der Waals surface area contributed by atoms with E-state index in [2.05, 4.69) is 21.3 Å². The molecule has 0 aromatic heterocycles. The van der Waals surface area contributed by atoms with E-state index >= 15 is 0 Å². The summed E-state index contributed by atoms with van der Waals surface area (Å²) in [7, 11) is 0. The van der Waals surface area contributed by atoms with Crippen LogP contribution in [0.4, 0.5) is 19.2 Å². The van der Waals surface area contributed by atoms with Gasteiger partial charge in [-0.25, -0.2) is 19.2 Å². The molecule has 2 fully saturated rings. The lowest BCUT2D eigenvalue weighted by molar-refractivity contribution is -0.313. The summed E-state index contributed by atoms with van der Waals surface area (Å²) in [6.07, 6.45) is -13.8. The predicted octanol–water partition coefficient (Wildman–Crippen LogP) is 0.773. The van der Waals surface area contributed by atoms with Crippen molar-refractivity contribution >= 4 is 24.4 Å². The summed E-state index contributed by atoms with van der Waals surface area (Å²) in [5, 5.41) is 54.7. The zero-order valence-corrected chi connectivity index (χ0v) is 36.0. The quantitative estimate of drug-likeness (QED) is 0.108. The molecule has 2 heterocycles. The van der Waals surface area contributed by atoms with Gasteiger partial charge < -0.3 is 85.3 Å². The van der Waals surface area contributed by atoms with Crippen molar-refractivity contribution in [3.8, 4) is 0 Å². The molecule has 3 rings (SSSR count). The Bertz CT molecular complexity index is 1460. The lowest BCUT2D eigenvalue weighted by Crippen LogP contribution is -2.69. The molecule has 10 N–H and O–H groups in total. The second-order valence-electron chi connectivity index (χ2n) is 18.7. The number of carbonyl (C=O) groups is 4. The van der Waals surface area contributed by atoms with Crippen molar-refractivity contribution in [2.45, 2.75) is 191 Å². The topological polar surface area (TPSA) is 297 Å². The SMILES string of the molecule is CC(C)(C)OC(=O)NCC1C=CC(NC(=O)OC(C)(C)C)C(OC2C(NC(=O)OC(C)(C)C)CC(N)C(OC3OC(CO)C(O)C(NC(=O)OC(C)(C)C)C3O)C2O)O1. The zero-order valence-electron chi connectivity index (χ0n) is 36.0. The zero-order chi connectivity index (χ0) is 44.8. The average molecular weight is 850 g/mol. The first-order valence-electron chi connectivity index (χ1n) is 19.6. The minimum absolute atomic E-state index is 0.0961. The van der Waals surface area contributed by atoms with Crippen LogP contribution < -0.4 is 27.0 Å². The number of carbonyl (C=O) groups excluding carboxylic acids is 4. The van der Waals surface area contributed by atoms with Crippen molar-refractivity contribution in [1.29, 1.82) is 0 Å².